The topological polar surface area (TPSA) is 108 Å². The lowest BCUT2D eigenvalue weighted by Crippen LogP contribution is -2.24. The summed E-state index contributed by atoms with van der Waals surface area (Å²) < 4.78 is 23.8. The summed E-state index contributed by atoms with van der Waals surface area (Å²) in [7, 11) is -2.27. The van der Waals surface area contributed by atoms with Crippen LogP contribution in [0.3, 0.4) is 0 Å². The van der Waals surface area contributed by atoms with Crippen LogP contribution in [-0.2, 0) is 21.7 Å². The first-order valence-corrected chi connectivity index (χ1v) is 4.94. The highest BCUT2D eigenvalue weighted by molar-refractivity contribution is 7.91. The first-order valence-electron chi connectivity index (χ1n) is 3.28. The molecule has 0 atom stereocenters. The summed E-state index contributed by atoms with van der Waals surface area (Å²) in [4.78, 5) is 10.4. The lowest BCUT2D eigenvalue weighted by Gasteiger charge is -1.98. The van der Waals surface area contributed by atoms with Crippen molar-refractivity contribution in [2.24, 2.45) is 12.8 Å². The number of amides is 1. The first-order chi connectivity index (χ1) is 5.93. The van der Waals surface area contributed by atoms with E-state index in [4.69, 9.17) is 5.73 Å². The fourth-order valence-electron chi connectivity index (χ4n) is 0.806. The van der Waals surface area contributed by atoms with Gasteiger partial charge < -0.3 is 10.3 Å². The molecule has 0 aliphatic rings. The number of aryl methyl sites for hydroxylation is 1. The van der Waals surface area contributed by atoms with Gasteiger partial charge in [0.05, 0.1) is 0 Å². The highest BCUT2D eigenvalue weighted by Gasteiger charge is 2.22. The molecule has 0 aliphatic carbocycles. The number of rotatable bonds is 3. The third-order valence-electron chi connectivity index (χ3n) is 1.28. The van der Waals surface area contributed by atoms with Crippen molar-refractivity contribution >= 4 is 15.7 Å². The Morgan fingerprint density at radius 3 is 2.69 bits per heavy atom. The van der Waals surface area contributed by atoms with Gasteiger partial charge in [0.15, 0.2) is 0 Å². The van der Waals surface area contributed by atoms with Crippen molar-refractivity contribution in [3.63, 3.8) is 0 Å². The zero-order chi connectivity index (χ0) is 10.1. The van der Waals surface area contributed by atoms with Crippen molar-refractivity contribution in [1.29, 1.82) is 0 Å². The molecule has 1 aromatic rings. The molecule has 1 aromatic heterocycles. The third-order valence-corrected chi connectivity index (χ3v) is 2.87. The standard InChI is InChI=1S/C5H8N4O3S/c1-9-3-7-8-5(9)13(11,12)2-4(6)10/h3H,2H2,1H3,(H2,6,10). The third kappa shape index (κ3) is 2.02. The minimum atomic E-state index is -3.73. The summed E-state index contributed by atoms with van der Waals surface area (Å²) in [6.45, 7) is 0. The number of nitrogens with zero attached hydrogens (tertiary/aromatic N) is 3. The molecule has 1 heterocycles. The Morgan fingerprint density at radius 2 is 2.31 bits per heavy atom. The van der Waals surface area contributed by atoms with Gasteiger partial charge in [-0.05, 0) is 0 Å². The fourth-order valence-corrected chi connectivity index (χ4v) is 1.97. The van der Waals surface area contributed by atoms with Crippen LogP contribution in [0.25, 0.3) is 0 Å². The molecule has 0 radical (unpaired) electrons. The molecule has 7 nitrogen and oxygen atoms in total. The van der Waals surface area contributed by atoms with Gasteiger partial charge in [-0.15, -0.1) is 10.2 Å². The van der Waals surface area contributed by atoms with Crippen molar-refractivity contribution in [3.8, 4) is 0 Å². The van der Waals surface area contributed by atoms with Gasteiger partial charge in [0.25, 0.3) is 0 Å². The maximum absolute atomic E-state index is 11.3. The second-order valence-corrected chi connectivity index (χ2v) is 4.33. The predicted octanol–water partition coefficient (Wildman–Crippen LogP) is -1.93. The molecule has 8 heteroatoms. The molecule has 0 aromatic carbocycles. The largest absolute Gasteiger partial charge is 0.369 e. The average molecular weight is 204 g/mol. The maximum atomic E-state index is 11.3. The molecule has 0 bridgehead atoms. The summed E-state index contributed by atoms with van der Waals surface area (Å²) in [5.41, 5.74) is 4.76. The molecular weight excluding hydrogens is 196 g/mol. The van der Waals surface area contributed by atoms with E-state index in [1.165, 1.54) is 17.9 Å². The van der Waals surface area contributed by atoms with E-state index in [2.05, 4.69) is 10.2 Å². The molecule has 72 valence electrons. The molecule has 0 saturated carbocycles. The zero-order valence-electron chi connectivity index (χ0n) is 6.84. The summed E-state index contributed by atoms with van der Waals surface area (Å²) in [5, 5.41) is 6.48. The lowest BCUT2D eigenvalue weighted by atomic mass is 10.8. The van der Waals surface area contributed by atoms with Gasteiger partial charge in [-0.1, -0.05) is 0 Å². The molecule has 13 heavy (non-hydrogen) atoms. The van der Waals surface area contributed by atoms with Gasteiger partial charge in [0, 0.05) is 7.05 Å². The first kappa shape index (κ1) is 9.65. The second-order valence-electron chi connectivity index (χ2n) is 2.45. The highest BCUT2D eigenvalue weighted by Crippen LogP contribution is 2.04. The molecular formula is C5H8N4O3S. The number of carbonyl (C=O) groups excluding carboxylic acids is 1. The monoisotopic (exact) mass is 204 g/mol. The van der Waals surface area contributed by atoms with E-state index in [9.17, 15) is 13.2 Å². The minimum Gasteiger partial charge on any atom is -0.369 e. The number of hydrogen-bond donors (Lipinski definition) is 1. The number of hydrogen-bond acceptors (Lipinski definition) is 5. The molecule has 0 unspecified atom stereocenters. The van der Waals surface area contributed by atoms with Crippen LogP contribution in [0.5, 0.6) is 0 Å². The second kappa shape index (κ2) is 3.13. The molecule has 0 fully saturated rings. The van der Waals surface area contributed by atoms with Crippen LogP contribution < -0.4 is 5.73 Å². The number of primary amides is 1. The molecule has 0 aliphatic heterocycles. The smallest absolute Gasteiger partial charge is 0.249 e. The van der Waals surface area contributed by atoms with Crippen molar-refractivity contribution in [2.75, 3.05) is 5.75 Å². The molecule has 0 saturated heterocycles. The van der Waals surface area contributed by atoms with Crippen LogP contribution in [-0.4, -0.2) is 34.8 Å². The van der Waals surface area contributed by atoms with E-state index >= 15 is 0 Å². The van der Waals surface area contributed by atoms with Gasteiger partial charge in [-0.2, -0.15) is 0 Å². The van der Waals surface area contributed by atoms with E-state index < -0.39 is 21.5 Å². The summed E-state index contributed by atoms with van der Waals surface area (Å²) in [6.07, 6.45) is 1.23. The lowest BCUT2D eigenvalue weighted by molar-refractivity contribution is -0.115. The summed E-state index contributed by atoms with van der Waals surface area (Å²) in [5.74, 6) is -1.66. The van der Waals surface area contributed by atoms with E-state index in [0.29, 0.717) is 0 Å². The van der Waals surface area contributed by atoms with Gasteiger partial charge in [0.2, 0.25) is 20.9 Å². The minimum absolute atomic E-state index is 0.258. The average Bonchev–Trinajstić information content (AvgIpc) is 2.32. The SMILES string of the molecule is Cn1cnnc1S(=O)(=O)CC(N)=O. The van der Waals surface area contributed by atoms with Crippen LogP contribution in [0.4, 0.5) is 0 Å². The van der Waals surface area contributed by atoms with Crippen LogP contribution in [0.1, 0.15) is 0 Å². The van der Waals surface area contributed by atoms with Crippen LogP contribution >= 0.6 is 0 Å². The van der Waals surface area contributed by atoms with Crippen molar-refractivity contribution in [1.82, 2.24) is 14.8 Å². The Bertz CT molecular complexity index is 421. The molecule has 1 amide bonds. The Hall–Kier alpha value is -1.44. The Kier molecular flexibility index (Phi) is 2.32. The highest BCUT2D eigenvalue weighted by atomic mass is 32.2. The number of carbonyl (C=O) groups is 1. The van der Waals surface area contributed by atoms with Crippen molar-refractivity contribution in [3.05, 3.63) is 6.33 Å². The van der Waals surface area contributed by atoms with Gasteiger partial charge in [-0.25, -0.2) is 8.42 Å². The van der Waals surface area contributed by atoms with Crippen LogP contribution in [0, 0.1) is 0 Å². The van der Waals surface area contributed by atoms with Crippen LogP contribution in [0.15, 0.2) is 11.5 Å². The summed E-state index contributed by atoms with van der Waals surface area (Å²) in [6, 6.07) is 0. The Morgan fingerprint density at radius 1 is 1.69 bits per heavy atom. The normalized spacial score (nSPS) is 11.5. The van der Waals surface area contributed by atoms with Gasteiger partial charge in [-0.3, -0.25) is 4.79 Å². The number of nitrogens with two attached hydrogens (primary N) is 1. The predicted molar refractivity (Wildman–Crippen MR) is 42.3 cm³/mol. The molecule has 2 N–H and O–H groups in total. The van der Waals surface area contributed by atoms with E-state index in [-0.39, 0.29) is 5.16 Å². The van der Waals surface area contributed by atoms with E-state index in [1.54, 1.807) is 0 Å². The van der Waals surface area contributed by atoms with E-state index in [1.807, 2.05) is 0 Å². The van der Waals surface area contributed by atoms with Crippen molar-refractivity contribution < 1.29 is 13.2 Å². The van der Waals surface area contributed by atoms with Gasteiger partial charge in [0.1, 0.15) is 12.1 Å². The maximum Gasteiger partial charge on any atom is 0.249 e. The van der Waals surface area contributed by atoms with Gasteiger partial charge >= 0.3 is 0 Å². The Labute approximate surface area is 74.5 Å². The zero-order valence-corrected chi connectivity index (χ0v) is 7.65. The van der Waals surface area contributed by atoms with Crippen molar-refractivity contribution in [2.45, 2.75) is 5.16 Å². The van der Waals surface area contributed by atoms with Crippen LogP contribution in [0.2, 0.25) is 0 Å². The fraction of sp³-hybridized carbons (Fsp3) is 0.400. The summed E-state index contributed by atoms with van der Waals surface area (Å²) >= 11 is 0. The molecule has 1 rings (SSSR count). The number of aromatic nitrogens is 3. The number of sulfone groups is 1. The molecule has 0 spiro atoms. The van der Waals surface area contributed by atoms with E-state index in [0.717, 1.165) is 0 Å². The Balaban J connectivity index is 3.09. The quantitative estimate of drug-likeness (QED) is 0.617.